The molecule has 0 aromatic carbocycles. The van der Waals surface area contributed by atoms with Crippen LogP contribution in [-0.4, -0.2) is 46.3 Å². The van der Waals surface area contributed by atoms with E-state index in [9.17, 15) is 19.1 Å². The van der Waals surface area contributed by atoms with E-state index in [0.717, 1.165) is 6.07 Å². The van der Waals surface area contributed by atoms with Crippen molar-refractivity contribution in [3.63, 3.8) is 0 Å². The minimum absolute atomic E-state index is 0.0283. The molecule has 1 aliphatic rings. The number of anilines is 1. The Balaban J connectivity index is 2.28. The summed E-state index contributed by atoms with van der Waals surface area (Å²) in [6.07, 6.45) is 1.29. The van der Waals surface area contributed by atoms with Crippen LogP contribution in [-0.2, 0) is 5.54 Å². The average Bonchev–Trinajstić information content (AvgIpc) is 2.53. The zero-order chi connectivity index (χ0) is 19.4. The highest BCUT2D eigenvalue weighted by molar-refractivity contribution is 5.92. The van der Waals surface area contributed by atoms with Crippen molar-refractivity contribution in [1.82, 2.24) is 14.9 Å². The van der Waals surface area contributed by atoms with Crippen molar-refractivity contribution >= 4 is 22.8 Å². The van der Waals surface area contributed by atoms with Crippen molar-refractivity contribution in [1.29, 1.82) is 0 Å². The van der Waals surface area contributed by atoms with Crippen LogP contribution in [0.25, 0.3) is 11.0 Å². The molecule has 2 N–H and O–H groups in total. The molecular formula is C18H23FN4O3. The summed E-state index contributed by atoms with van der Waals surface area (Å²) in [6.45, 7) is 8.20. The van der Waals surface area contributed by atoms with Gasteiger partial charge in [0.2, 0.25) is 5.43 Å². The van der Waals surface area contributed by atoms with Gasteiger partial charge in [0.15, 0.2) is 11.6 Å². The molecule has 0 spiro atoms. The second kappa shape index (κ2) is 6.05. The second-order valence-electron chi connectivity index (χ2n) is 7.67. The lowest BCUT2D eigenvalue weighted by molar-refractivity contribution is 0.0694. The number of fused-ring (bicyclic) bond motifs is 1. The molecule has 26 heavy (non-hydrogen) atoms. The van der Waals surface area contributed by atoms with Gasteiger partial charge in [-0.05, 0) is 40.8 Å². The van der Waals surface area contributed by atoms with E-state index in [1.54, 1.807) is 4.57 Å². The van der Waals surface area contributed by atoms with E-state index in [2.05, 4.69) is 10.3 Å². The van der Waals surface area contributed by atoms with Crippen molar-refractivity contribution in [2.45, 2.75) is 45.3 Å². The van der Waals surface area contributed by atoms with Crippen LogP contribution < -0.4 is 15.6 Å². The van der Waals surface area contributed by atoms with Gasteiger partial charge in [-0.3, -0.25) is 4.79 Å². The summed E-state index contributed by atoms with van der Waals surface area (Å²) in [5, 5.41) is 12.5. The van der Waals surface area contributed by atoms with Crippen molar-refractivity contribution in [3.05, 3.63) is 33.9 Å². The Kier molecular flexibility index (Phi) is 4.26. The van der Waals surface area contributed by atoms with Crippen LogP contribution in [0.2, 0.25) is 0 Å². The number of carbonyl (C=O) groups is 1. The van der Waals surface area contributed by atoms with E-state index in [1.807, 2.05) is 39.6 Å². The topological polar surface area (TPSA) is 87.5 Å². The third kappa shape index (κ3) is 2.74. The van der Waals surface area contributed by atoms with Crippen molar-refractivity contribution in [2.75, 3.05) is 18.5 Å². The minimum atomic E-state index is -1.34. The molecule has 1 aliphatic heterocycles. The maximum absolute atomic E-state index is 14.7. The molecule has 0 saturated carbocycles. The molecule has 0 amide bonds. The molecule has 3 heterocycles. The third-order valence-electron chi connectivity index (χ3n) is 4.98. The first kappa shape index (κ1) is 18.3. The molecule has 8 heteroatoms. The lowest BCUT2D eigenvalue weighted by Gasteiger charge is -2.47. The average molecular weight is 362 g/mol. The van der Waals surface area contributed by atoms with E-state index in [1.165, 1.54) is 6.20 Å². The molecule has 140 valence electrons. The van der Waals surface area contributed by atoms with Crippen molar-refractivity contribution < 1.29 is 14.3 Å². The molecule has 7 nitrogen and oxygen atoms in total. The van der Waals surface area contributed by atoms with Gasteiger partial charge in [-0.2, -0.15) is 0 Å². The van der Waals surface area contributed by atoms with Gasteiger partial charge in [0.1, 0.15) is 11.2 Å². The number of hydrogen-bond donors (Lipinski definition) is 2. The first-order chi connectivity index (χ1) is 12.1. The monoisotopic (exact) mass is 362 g/mol. The number of carboxylic acids is 1. The Labute approximate surface area is 150 Å². The molecule has 1 saturated heterocycles. The number of nitrogens with one attached hydrogen (secondary N) is 1. The summed E-state index contributed by atoms with van der Waals surface area (Å²) in [6, 6.07) is 1.41. The Morgan fingerprint density at radius 1 is 1.42 bits per heavy atom. The van der Waals surface area contributed by atoms with Crippen LogP contribution >= 0.6 is 0 Å². The van der Waals surface area contributed by atoms with Crippen LogP contribution in [0.5, 0.6) is 0 Å². The van der Waals surface area contributed by atoms with Gasteiger partial charge in [0.25, 0.3) is 0 Å². The van der Waals surface area contributed by atoms with Gasteiger partial charge in [-0.1, -0.05) is 0 Å². The highest BCUT2D eigenvalue weighted by Gasteiger charge is 2.37. The van der Waals surface area contributed by atoms with Crippen molar-refractivity contribution in [2.24, 2.45) is 0 Å². The van der Waals surface area contributed by atoms with E-state index < -0.39 is 28.3 Å². The Bertz CT molecular complexity index is 948. The highest BCUT2D eigenvalue weighted by Crippen LogP contribution is 2.30. The van der Waals surface area contributed by atoms with Crippen LogP contribution in [0.1, 0.15) is 38.1 Å². The summed E-state index contributed by atoms with van der Waals surface area (Å²) in [7, 11) is 1.85. The fourth-order valence-electron chi connectivity index (χ4n) is 3.30. The number of nitrogens with zero attached hydrogens (tertiary/aromatic N) is 3. The lowest BCUT2D eigenvalue weighted by atomic mass is 9.98. The smallest absolute Gasteiger partial charge is 0.341 e. The summed E-state index contributed by atoms with van der Waals surface area (Å²) >= 11 is 0. The maximum Gasteiger partial charge on any atom is 0.341 e. The SMILES string of the molecule is CN[C@@H]1CN(c2nc3c(cc2F)c(=O)c(C(=O)O)cn3C(C)(C)C)[C@H]1C. The molecule has 2 aromatic heterocycles. The van der Waals surface area contributed by atoms with E-state index in [-0.39, 0.29) is 28.9 Å². The zero-order valence-corrected chi connectivity index (χ0v) is 15.5. The normalized spacial score (nSPS) is 20.3. The Morgan fingerprint density at radius 3 is 2.58 bits per heavy atom. The van der Waals surface area contributed by atoms with Crippen LogP contribution in [0.3, 0.4) is 0 Å². The first-order valence-corrected chi connectivity index (χ1v) is 8.50. The van der Waals surface area contributed by atoms with Gasteiger partial charge < -0.3 is 19.9 Å². The Hall–Kier alpha value is -2.48. The third-order valence-corrected chi connectivity index (χ3v) is 4.98. The standard InChI is InChI=1S/C18H23FN4O3/c1-9-13(20-5)8-22(9)16-12(19)6-10-14(24)11(17(25)26)7-23(15(10)21-16)18(2,3)4/h6-7,9,13,20H,8H2,1-5H3,(H,25,26)/t9-,13+/m0/s1. The number of aromatic nitrogens is 2. The first-order valence-electron chi connectivity index (χ1n) is 8.50. The molecule has 0 unspecified atom stereocenters. The van der Waals surface area contributed by atoms with Crippen molar-refractivity contribution in [3.8, 4) is 0 Å². The minimum Gasteiger partial charge on any atom is -0.477 e. The highest BCUT2D eigenvalue weighted by atomic mass is 19.1. The van der Waals surface area contributed by atoms with Gasteiger partial charge in [-0.25, -0.2) is 14.2 Å². The zero-order valence-electron chi connectivity index (χ0n) is 15.5. The lowest BCUT2D eigenvalue weighted by Crippen LogP contribution is -2.64. The summed E-state index contributed by atoms with van der Waals surface area (Å²) < 4.78 is 16.3. The second-order valence-corrected chi connectivity index (χ2v) is 7.67. The van der Waals surface area contributed by atoms with Gasteiger partial charge in [0, 0.05) is 30.4 Å². The van der Waals surface area contributed by atoms with Crippen LogP contribution in [0.15, 0.2) is 17.1 Å². The largest absolute Gasteiger partial charge is 0.477 e. The molecule has 0 aliphatic carbocycles. The quantitative estimate of drug-likeness (QED) is 0.866. The van der Waals surface area contributed by atoms with Crippen LogP contribution in [0.4, 0.5) is 10.2 Å². The number of rotatable bonds is 3. The van der Waals surface area contributed by atoms with E-state index in [4.69, 9.17) is 0 Å². The summed E-state index contributed by atoms with van der Waals surface area (Å²) in [5.41, 5.74) is -1.37. The molecule has 2 atom stereocenters. The predicted molar refractivity (Wildman–Crippen MR) is 97.6 cm³/mol. The fourth-order valence-corrected chi connectivity index (χ4v) is 3.30. The number of likely N-dealkylation sites (N-methyl/N-ethyl adjacent to an activating group) is 1. The number of aromatic carboxylic acids is 1. The maximum atomic E-state index is 14.7. The Morgan fingerprint density at radius 2 is 2.08 bits per heavy atom. The van der Waals surface area contributed by atoms with Gasteiger partial charge >= 0.3 is 5.97 Å². The molecule has 0 radical (unpaired) electrons. The molecule has 2 aromatic rings. The van der Waals surface area contributed by atoms with Crippen LogP contribution in [0, 0.1) is 5.82 Å². The summed E-state index contributed by atoms with van der Waals surface area (Å²) in [5.74, 6) is -1.79. The molecular weight excluding hydrogens is 339 g/mol. The number of halogens is 1. The predicted octanol–water partition coefficient (Wildman–Crippen LogP) is 1.79. The molecule has 3 rings (SSSR count). The summed E-state index contributed by atoms with van der Waals surface area (Å²) in [4.78, 5) is 30.2. The number of pyridine rings is 2. The molecule has 1 fully saturated rings. The van der Waals surface area contributed by atoms with E-state index in [0.29, 0.717) is 6.54 Å². The number of carboxylic acid groups (broad SMARTS) is 1. The van der Waals surface area contributed by atoms with Gasteiger partial charge in [0.05, 0.1) is 5.39 Å². The molecule has 0 bridgehead atoms. The number of hydrogen-bond acceptors (Lipinski definition) is 5. The van der Waals surface area contributed by atoms with Gasteiger partial charge in [-0.15, -0.1) is 0 Å². The van der Waals surface area contributed by atoms with E-state index >= 15 is 0 Å². The fraction of sp³-hybridized carbons (Fsp3) is 0.500.